The molecule has 0 aromatic rings. The third-order valence-corrected chi connectivity index (χ3v) is 8.36. The molecule has 0 aromatic carbocycles. The van der Waals surface area contributed by atoms with Gasteiger partial charge in [-0.3, -0.25) is 14.4 Å². The second kappa shape index (κ2) is 34.3. The van der Waals surface area contributed by atoms with Gasteiger partial charge in [0.05, 0.1) is 0 Å². The number of rotatable bonds is 34. The van der Waals surface area contributed by atoms with Crippen LogP contribution in [-0.4, -0.2) is 37.2 Å². The summed E-state index contributed by atoms with van der Waals surface area (Å²) in [5.74, 6) is -0.880. The molecule has 6 nitrogen and oxygen atoms in total. The molecule has 0 rings (SSSR count). The molecule has 0 radical (unpaired) electrons. The quantitative estimate of drug-likeness (QED) is 0.0402. The van der Waals surface area contributed by atoms with Gasteiger partial charge in [-0.1, -0.05) is 168 Å². The lowest BCUT2D eigenvalue weighted by molar-refractivity contribution is -0.167. The molecular weight excluding hydrogens is 552 g/mol. The summed E-state index contributed by atoms with van der Waals surface area (Å²) in [6, 6.07) is 0. The lowest BCUT2D eigenvalue weighted by atomic mass is 10.0. The molecule has 44 heavy (non-hydrogen) atoms. The van der Waals surface area contributed by atoms with Crippen LogP contribution in [0.15, 0.2) is 0 Å². The van der Waals surface area contributed by atoms with Crippen molar-refractivity contribution in [3.63, 3.8) is 0 Å². The van der Waals surface area contributed by atoms with Crippen molar-refractivity contribution < 1.29 is 28.6 Å². The predicted octanol–water partition coefficient (Wildman–Crippen LogP) is 11.4. The van der Waals surface area contributed by atoms with E-state index in [0.717, 1.165) is 64.2 Å². The topological polar surface area (TPSA) is 78.9 Å². The van der Waals surface area contributed by atoms with Gasteiger partial charge in [0.25, 0.3) is 0 Å². The van der Waals surface area contributed by atoms with Crippen molar-refractivity contribution in [2.75, 3.05) is 13.2 Å². The second-order valence-corrected chi connectivity index (χ2v) is 12.9. The van der Waals surface area contributed by atoms with Crippen LogP contribution in [0.2, 0.25) is 0 Å². The predicted molar refractivity (Wildman–Crippen MR) is 183 cm³/mol. The van der Waals surface area contributed by atoms with Crippen LogP contribution in [0.3, 0.4) is 0 Å². The number of esters is 3. The molecule has 0 fully saturated rings. The van der Waals surface area contributed by atoms with Crippen molar-refractivity contribution in [1.82, 2.24) is 0 Å². The highest BCUT2D eigenvalue weighted by Crippen LogP contribution is 2.14. The maximum Gasteiger partial charge on any atom is 0.306 e. The fourth-order valence-corrected chi connectivity index (χ4v) is 5.44. The Labute approximate surface area is 272 Å². The van der Waals surface area contributed by atoms with Crippen LogP contribution in [0, 0.1) is 0 Å². The first-order valence-electron chi connectivity index (χ1n) is 19.0. The summed E-state index contributed by atoms with van der Waals surface area (Å²) < 4.78 is 16.5. The van der Waals surface area contributed by atoms with Gasteiger partial charge in [-0.15, -0.1) is 0 Å². The number of unbranched alkanes of at least 4 members (excludes halogenated alkanes) is 23. The van der Waals surface area contributed by atoms with Crippen molar-refractivity contribution in [3.8, 4) is 0 Å². The minimum Gasteiger partial charge on any atom is -0.462 e. The van der Waals surface area contributed by atoms with Crippen LogP contribution < -0.4 is 0 Å². The van der Waals surface area contributed by atoms with E-state index in [2.05, 4.69) is 20.8 Å². The third kappa shape index (κ3) is 31.8. The normalized spacial score (nSPS) is 11.8. The van der Waals surface area contributed by atoms with E-state index in [1.165, 1.54) is 103 Å². The monoisotopic (exact) mass is 625 g/mol. The van der Waals surface area contributed by atoms with Crippen LogP contribution in [0.25, 0.3) is 0 Å². The molecule has 0 N–H and O–H groups in total. The summed E-state index contributed by atoms with van der Waals surface area (Å²) in [4.78, 5) is 37.1. The lowest BCUT2D eigenvalue weighted by Gasteiger charge is -2.18. The molecule has 1 atom stereocenters. The van der Waals surface area contributed by atoms with E-state index >= 15 is 0 Å². The largest absolute Gasteiger partial charge is 0.462 e. The van der Waals surface area contributed by atoms with E-state index < -0.39 is 6.10 Å². The summed E-state index contributed by atoms with van der Waals surface area (Å²) in [5.41, 5.74) is 0. The number of ether oxygens (including phenoxy) is 3. The maximum absolute atomic E-state index is 12.5. The zero-order valence-electron chi connectivity index (χ0n) is 29.4. The Morgan fingerprint density at radius 1 is 0.364 bits per heavy atom. The van der Waals surface area contributed by atoms with Gasteiger partial charge in [-0.2, -0.15) is 0 Å². The number of hydrogen-bond acceptors (Lipinski definition) is 6. The van der Waals surface area contributed by atoms with Gasteiger partial charge in [0.15, 0.2) is 6.10 Å². The highest BCUT2D eigenvalue weighted by Gasteiger charge is 2.19. The minimum atomic E-state index is -0.754. The highest BCUT2D eigenvalue weighted by molar-refractivity contribution is 5.71. The Morgan fingerprint density at radius 3 is 0.909 bits per heavy atom. The van der Waals surface area contributed by atoms with E-state index in [9.17, 15) is 14.4 Å². The Morgan fingerprint density at radius 2 is 0.614 bits per heavy atom. The molecular formula is C38H72O6. The highest BCUT2D eigenvalue weighted by atomic mass is 16.6. The van der Waals surface area contributed by atoms with E-state index in [0.29, 0.717) is 19.3 Å². The SMILES string of the molecule is CCCCCCCCCCCCCCC(=O)O[C@@H](COC(=O)CCCCCCC)COC(=O)CCCCCCCCCCC. The average Bonchev–Trinajstić information content (AvgIpc) is 3.02. The molecule has 0 spiro atoms. The molecule has 260 valence electrons. The Bertz CT molecular complexity index is 649. The summed E-state index contributed by atoms with van der Waals surface area (Å²) in [7, 11) is 0. The van der Waals surface area contributed by atoms with Crippen molar-refractivity contribution in [3.05, 3.63) is 0 Å². The Balaban J connectivity index is 4.27. The smallest absolute Gasteiger partial charge is 0.306 e. The molecule has 0 unspecified atom stereocenters. The van der Waals surface area contributed by atoms with E-state index in [1.54, 1.807) is 0 Å². The zero-order chi connectivity index (χ0) is 32.4. The molecule has 0 saturated heterocycles. The number of carbonyl (C=O) groups is 3. The Hall–Kier alpha value is -1.59. The van der Waals surface area contributed by atoms with Gasteiger partial charge in [0.1, 0.15) is 13.2 Å². The standard InChI is InChI=1S/C38H72O6/c1-4-7-10-13-15-17-18-19-21-23-26-29-32-38(41)44-35(33-42-36(39)30-27-24-12-9-6-3)34-43-37(40)31-28-25-22-20-16-14-11-8-5-2/h35H,4-34H2,1-3H3/t35-/m0/s1. The van der Waals surface area contributed by atoms with E-state index in [-0.39, 0.29) is 31.1 Å². The minimum absolute atomic E-state index is 0.0653. The molecule has 0 aliphatic rings. The van der Waals surface area contributed by atoms with Gasteiger partial charge in [-0.05, 0) is 19.3 Å². The fourth-order valence-electron chi connectivity index (χ4n) is 5.44. The van der Waals surface area contributed by atoms with Crippen LogP contribution in [0.5, 0.6) is 0 Å². The first-order valence-corrected chi connectivity index (χ1v) is 19.0. The van der Waals surface area contributed by atoms with Gasteiger partial charge in [-0.25, -0.2) is 0 Å². The summed E-state index contributed by atoms with van der Waals surface area (Å²) >= 11 is 0. The van der Waals surface area contributed by atoms with Crippen LogP contribution >= 0.6 is 0 Å². The Kier molecular flexibility index (Phi) is 33.0. The van der Waals surface area contributed by atoms with Crippen LogP contribution in [0.4, 0.5) is 0 Å². The third-order valence-electron chi connectivity index (χ3n) is 8.36. The molecule has 0 bridgehead atoms. The van der Waals surface area contributed by atoms with Crippen molar-refractivity contribution in [1.29, 1.82) is 0 Å². The van der Waals surface area contributed by atoms with Gasteiger partial charge < -0.3 is 14.2 Å². The number of hydrogen-bond donors (Lipinski definition) is 0. The molecule has 0 aliphatic heterocycles. The van der Waals surface area contributed by atoms with Crippen molar-refractivity contribution >= 4 is 17.9 Å². The molecule has 6 heteroatoms. The average molecular weight is 625 g/mol. The molecule has 0 aromatic heterocycles. The van der Waals surface area contributed by atoms with Crippen molar-refractivity contribution in [2.45, 2.75) is 213 Å². The second-order valence-electron chi connectivity index (χ2n) is 12.9. The summed E-state index contributed by atoms with van der Waals surface area (Å²) in [6.07, 6.45) is 31.1. The zero-order valence-corrected chi connectivity index (χ0v) is 29.4. The summed E-state index contributed by atoms with van der Waals surface area (Å²) in [5, 5.41) is 0. The van der Waals surface area contributed by atoms with Gasteiger partial charge >= 0.3 is 17.9 Å². The van der Waals surface area contributed by atoms with E-state index in [1.807, 2.05) is 0 Å². The van der Waals surface area contributed by atoms with E-state index in [4.69, 9.17) is 14.2 Å². The first kappa shape index (κ1) is 42.4. The molecule has 0 heterocycles. The van der Waals surface area contributed by atoms with Gasteiger partial charge in [0.2, 0.25) is 0 Å². The number of carbonyl (C=O) groups excluding carboxylic acids is 3. The maximum atomic E-state index is 12.5. The molecule has 0 saturated carbocycles. The first-order chi connectivity index (χ1) is 21.5. The fraction of sp³-hybridized carbons (Fsp3) is 0.921. The van der Waals surface area contributed by atoms with Gasteiger partial charge in [0, 0.05) is 19.3 Å². The van der Waals surface area contributed by atoms with Crippen molar-refractivity contribution in [2.24, 2.45) is 0 Å². The van der Waals surface area contributed by atoms with Crippen LogP contribution in [-0.2, 0) is 28.6 Å². The van der Waals surface area contributed by atoms with Crippen LogP contribution in [0.1, 0.15) is 207 Å². The molecule has 0 aliphatic carbocycles. The molecule has 0 amide bonds. The summed E-state index contributed by atoms with van der Waals surface area (Å²) in [6.45, 7) is 6.52. The lowest BCUT2D eigenvalue weighted by Crippen LogP contribution is -2.30.